The topological polar surface area (TPSA) is 102 Å². The molecule has 0 aromatic heterocycles. The lowest BCUT2D eigenvalue weighted by Gasteiger charge is -2.26. The van der Waals surface area contributed by atoms with Crippen molar-refractivity contribution in [2.24, 2.45) is 0 Å². The maximum absolute atomic E-state index is 12.9. The number of amides is 1. The molecule has 8 nitrogen and oxygen atoms in total. The van der Waals surface area contributed by atoms with Crippen LogP contribution in [-0.2, 0) is 29.1 Å². The highest BCUT2D eigenvalue weighted by Crippen LogP contribution is 2.28. The van der Waals surface area contributed by atoms with Crippen LogP contribution in [0.3, 0.4) is 0 Å². The number of nitrogens with zero attached hydrogens (tertiary/aromatic N) is 1. The van der Waals surface area contributed by atoms with Crippen LogP contribution in [0.25, 0.3) is 6.08 Å². The second-order valence-corrected chi connectivity index (χ2v) is 9.45. The van der Waals surface area contributed by atoms with Gasteiger partial charge in [0.2, 0.25) is 10.0 Å². The SMILES string of the molecule is O=C(COC(=O)/C=C/c1ccc(Cl)cc1)Nc1ccc(Cl)c(S(=O)(=O)N2CCOCC2)c1. The number of carbonyl (C=O) groups is 2. The Morgan fingerprint density at radius 1 is 1.09 bits per heavy atom. The van der Waals surface area contributed by atoms with E-state index in [1.165, 1.54) is 34.7 Å². The fourth-order valence-electron chi connectivity index (χ4n) is 2.82. The van der Waals surface area contributed by atoms with Gasteiger partial charge in [0.1, 0.15) is 4.90 Å². The van der Waals surface area contributed by atoms with Crippen LogP contribution in [0.5, 0.6) is 0 Å². The molecule has 3 rings (SSSR count). The lowest BCUT2D eigenvalue weighted by atomic mass is 10.2. The molecule has 1 aliphatic rings. The fourth-order valence-corrected chi connectivity index (χ4v) is 4.86. The third-order valence-electron chi connectivity index (χ3n) is 4.43. The molecule has 1 aliphatic heterocycles. The first-order valence-electron chi connectivity index (χ1n) is 9.53. The third-order valence-corrected chi connectivity index (χ3v) is 7.06. The number of rotatable bonds is 7. The minimum absolute atomic E-state index is 0.0354. The van der Waals surface area contributed by atoms with Gasteiger partial charge in [-0.25, -0.2) is 13.2 Å². The maximum Gasteiger partial charge on any atom is 0.331 e. The van der Waals surface area contributed by atoms with Gasteiger partial charge in [-0.1, -0.05) is 35.3 Å². The van der Waals surface area contributed by atoms with Gasteiger partial charge in [-0.15, -0.1) is 0 Å². The number of benzene rings is 2. The molecule has 1 N–H and O–H groups in total. The van der Waals surface area contributed by atoms with Gasteiger partial charge < -0.3 is 14.8 Å². The highest BCUT2D eigenvalue weighted by Gasteiger charge is 2.28. The molecule has 1 heterocycles. The van der Waals surface area contributed by atoms with Crippen LogP contribution in [0, 0.1) is 0 Å². The summed E-state index contributed by atoms with van der Waals surface area (Å²) in [6.45, 7) is 0.484. The summed E-state index contributed by atoms with van der Waals surface area (Å²) in [5, 5.41) is 3.11. The highest BCUT2D eigenvalue weighted by atomic mass is 35.5. The zero-order valence-corrected chi connectivity index (χ0v) is 19.1. The Balaban J connectivity index is 1.58. The van der Waals surface area contributed by atoms with E-state index in [9.17, 15) is 18.0 Å². The van der Waals surface area contributed by atoms with E-state index < -0.39 is 28.5 Å². The predicted molar refractivity (Wildman–Crippen MR) is 121 cm³/mol. The summed E-state index contributed by atoms with van der Waals surface area (Å²) in [5.41, 5.74) is 0.949. The quantitative estimate of drug-likeness (QED) is 0.464. The van der Waals surface area contributed by atoms with Crippen LogP contribution in [0.15, 0.2) is 53.4 Å². The van der Waals surface area contributed by atoms with Gasteiger partial charge in [0.25, 0.3) is 5.91 Å². The van der Waals surface area contributed by atoms with Crippen molar-refractivity contribution in [3.05, 3.63) is 64.1 Å². The van der Waals surface area contributed by atoms with Crippen molar-refractivity contribution in [1.29, 1.82) is 0 Å². The number of halogens is 2. The van der Waals surface area contributed by atoms with Crippen molar-refractivity contribution < 1.29 is 27.5 Å². The number of hydrogen-bond acceptors (Lipinski definition) is 6. The van der Waals surface area contributed by atoms with E-state index in [1.54, 1.807) is 24.3 Å². The van der Waals surface area contributed by atoms with Crippen LogP contribution >= 0.6 is 23.2 Å². The molecule has 2 aromatic rings. The number of esters is 1. The van der Waals surface area contributed by atoms with E-state index >= 15 is 0 Å². The van der Waals surface area contributed by atoms with Gasteiger partial charge in [0.05, 0.1) is 18.2 Å². The molecule has 2 aromatic carbocycles. The predicted octanol–water partition coefficient (Wildman–Crippen LogP) is 3.21. The van der Waals surface area contributed by atoms with Gasteiger partial charge in [-0.3, -0.25) is 4.79 Å². The molecule has 1 saturated heterocycles. The number of nitrogens with one attached hydrogen (secondary N) is 1. The van der Waals surface area contributed by atoms with Crippen molar-refractivity contribution in [3.63, 3.8) is 0 Å². The zero-order chi connectivity index (χ0) is 23.1. The summed E-state index contributed by atoms with van der Waals surface area (Å²) in [4.78, 5) is 23.8. The summed E-state index contributed by atoms with van der Waals surface area (Å²) in [5.74, 6) is -1.34. The maximum atomic E-state index is 12.9. The van der Waals surface area contributed by atoms with Gasteiger partial charge in [0.15, 0.2) is 6.61 Å². The molecule has 1 fully saturated rings. The van der Waals surface area contributed by atoms with Crippen molar-refractivity contribution in [2.75, 3.05) is 38.2 Å². The van der Waals surface area contributed by atoms with Crippen LogP contribution in [0.2, 0.25) is 10.0 Å². The second kappa shape index (κ2) is 10.9. The second-order valence-electron chi connectivity index (χ2n) is 6.70. The summed E-state index contributed by atoms with van der Waals surface area (Å²) in [6, 6.07) is 10.9. The zero-order valence-electron chi connectivity index (χ0n) is 16.8. The molecule has 0 unspecified atom stereocenters. The molecule has 0 bridgehead atoms. The average Bonchev–Trinajstić information content (AvgIpc) is 2.79. The number of ether oxygens (including phenoxy) is 2. The molecule has 170 valence electrons. The molecule has 0 saturated carbocycles. The van der Waals surface area contributed by atoms with Crippen LogP contribution < -0.4 is 5.32 Å². The average molecular weight is 499 g/mol. The summed E-state index contributed by atoms with van der Waals surface area (Å²) in [7, 11) is -3.85. The van der Waals surface area contributed by atoms with Crippen molar-refractivity contribution in [3.8, 4) is 0 Å². The molecule has 11 heteroatoms. The standard InChI is InChI=1S/C21H20Cl2N2O6S/c22-16-4-1-15(2-5-16)3-8-21(27)31-14-20(26)24-17-6-7-18(23)19(13-17)32(28,29)25-9-11-30-12-10-25/h1-8,13H,9-12,14H2,(H,24,26)/b8-3+. The Hall–Kier alpha value is -2.43. The minimum atomic E-state index is -3.85. The number of hydrogen-bond donors (Lipinski definition) is 1. The lowest BCUT2D eigenvalue weighted by molar-refractivity contribution is -0.142. The molecular formula is C21H20Cl2N2O6S. The number of sulfonamides is 1. The number of morpholine rings is 1. The summed E-state index contributed by atoms with van der Waals surface area (Å²) >= 11 is 11.9. The first kappa shape index (κ1) is 24.2. The van der Waals surface area contributed by atoms with Gasteiger partial charge in [0, 0.05) is 29.9 Å². The molecule has 0 spiro atoms. The Bertz CT molecular complexity index is 1110. The number of carbonyl (C=O) groups excluding carboxylic acids is 2. The normalized spacial score (nSPS) is 14.9. The Kier molecular flexibility index (Phi) is 8.27. The van der Waals surface area contributed by atoms with Crippen LogP contribution in [0.1, 0.15) is 5.56 Å². The van der Waals surface area contributed by atoms with E-state index in [2.05, 4.69) is 5.32 Å². The Morgan fingerprint density at radius 2 is 1.78 bits per heavy atom. The molecule has 0 radical (unpaired) electrons. The Labute approximate surface area is 195 Å². The minimum Gasteiger partial charge on any atom is -0.452 e. The molecule has 0 atom stereocenters. The first-order valence-corrected chi connectivity index (χ1v) is 11.7. The number of anilines is 1. The summed E-state index contributed by atoms with van der Waals surface area (Å²) < 4.78 is 37.1. The van der Waals surface area contributed by atoms with E-state index in [0.717, 1.165) is 5.56 Å². The Morgan fingerprint density at radius 3 is 2.47 bits per heavy atom. The van der Waals surface area contributed by atoms with Crippen molar-refractivity contribution in [2.45, 2.75) is 4.90 Å². The van der Waals surface area contributed by atoms with E-state index in [0.29, 0.717) is 18.2 Å². The van der Waals surface area contributed by atoms with Crippen molar-refractivity contribution >= 4 is 56.9 Å². The monoisotopic (exact) mass is 498 g/mol. The molecular weight excluding hydrogens is 479 g/mol. The van der Waals surface area contributed by atoms with Gasteiger partial charge in [-0.2, -0.15) is 4.31 Å². The molecule has 1 amide bonds. The van der Waals surface area contributed by atoms with E-state index in [1.807, 2.05) is 0 Å². The van der Waals surface area contributed by atoms with Crippen molar-refractivity contribution in [1.82, 2.24) is 4.31 Å². The van der Waals surface area contributed by atoms with Crippen LogP contribution in [0.4, 0.5) is 5.69 Å². The molecule has 0 aliphatic carbocycles. The van der Waals surface area contributed by atoms with Gasteiger partial charge >= 0.3 is 5.97 Å². The smallest absolute Gasteiger partial charge is 0.331 e. The largest absolute Gasteiger partial charge is 0.452 e. The van der Waals surface area contributed by atoms with E-state index in [4.69, 9.17) is 32.7 Å². The molecule has 32 heavy (non-hydrogen) atoms. The van der Waals surface area contributed by atoms with Crippen LogP contribution in [-0.4, -0.2) is 57.5 Å². The lowest BCUT2D eigenvalue weighted by Crippen LogP contribution is -2.40. The first-order chi connectivity index (χ1) is 15.3. The van der Waals surface area contributed by atoms with E-state index in [-0.39, 0.29) is 28.7 Å². The third kappa shape index (κ3) is 6.54. The highest BCUT2D eigenvalue weighted by molar-refractivity contribution is 7.89. The van der Waals surface area contributed by atoms with Gasteiger partial charge in [-0.05, 0) is 42.0 Å². The summed E-state index contributed by atoms with van der Waals surface area (Å²) in [6.07, 6.45) is 2.71. The fraction of sp³-hybridized carbons (Fsp3) is 0.238.